The Bertz CT molecular complexity index is 346. The molecule has 0 saturated heterocycles. The van der Waals surface area contributed by atoms with Crippen LogP contribution in [0.15, 0.2) is 0 Å². The Kier molecular flexibility index (Phi) is 7.87. The monoisotopic (exact) mass is 287 g/mol. The fourth-order valence-electron chi connectivity index (χ4n) is 1.51. The molecule has 0 saturated carbocycles. The highest BCUT2D eigenvalue weighted by molar-refractivity contribution is 5.82. The number of ether oxygens (including phenoxy) is 1. The largest absolute Gasteiger partial charge is 0.480 e. The van der Waals surface area contributed by atoms with Crippen LogP contribution in [-0.2, 0) is 14.3 Å². The van der Waals surface area contributed by atoms with Crippen molar-refractivity contribution >= 4 is 17.8 Å². The smallest absolute Gasteiger partial charge is 0.408 e. The van der Waals surface area contributed by atoms with Crippen LogP contribution < -0.4 is 5.32 Å². The van der Waals surface area contributed by atoms with Gasteiger partial charge in [0.2, 0.25) is 0 Å². The number of rotatable bonds is 8. The van der Waals surface area contributed by atoms with Crippen molar-refractivity contribution in [2.75, 3.05) is 0 Å². The van der Waals surface area contributed by atoms with Crippen LogP contribution in [0.3, 0.4) is 0 Å². The summed E-state index contributed by atoms with van der Waals surface area (Å²) in [5.41, 5.74) is -0.690. The first kappa shape index (κ1) is 18.4. The molecule has 0 bridgehead atoms. The maximum atomic E-state index is 11.5. The lowest BCUT2D eigenvalue weighted by Gasteiger charge is -2.21. The average molecular weight is 287 g/mol. The number of alkyl carbamates (subject to hydrolysis) is 1. The van der Waals surface area contributed by atoms with Crippen LogP contribution in [0.25, 0.3) is 0 Å². The summed E-state index contributed by atoms with van der Waals surface area (Å²) in [6.07, 6.45) is 1.62. The van der Waals surface area contributed by atoms with E-state index in [0.29, 0.717) is 6.42 Å². The standard InChI is InChI=1S/C14H25NO5/c1-5-6-7-10(16)8-9-11(12(17)18)15-13(19)20-14(2,3)4/h11H,5-9H2,1-4H3,(H,15,19)(H,17,18)/t11-/m0/s1. The third-order valence-electron chi connectivity index (χ3n) is 2.51. The number of aliphatic carboxylic acids is 1. The molecule has 1 atom stereocenters. The maximum absolute atomic E-state index is 11.5. The minimum absolute atomic E-state index is 0.0177. The van der Waals surface area contributed by atoms with Crippen molar-refractivity contribution in [2.24, 2.45) is 0 Å². The van der Waals surface area contributed by atoms with E-state index < -0.39 is 23.7 Å². The Morgan fingerprint density at radius 2 is 1.80 bits per heavy atom. The van der Waals surface area contributed by atoms with Crippen LogP contribution in [0.1, 0.15) is 59.8 Å². The molecule has 0 unspecified atom stereocenters. The van der Waals surface area contributed by atoms with Gasteiger partial charge in [0, 0.05) is 12.8 Å². The van der Waals surface area contributed by atoms with Crippen LogP contribution in [0.5, 0.6) is 0 Å². The van der Waals surface area contributed by atoms with E-state index in [4.69, 9.17) is 9.84 Å². The number of Topliss-reactive ketones (excluding diaryl/α,β-unsaturated/α-hetero) is 1. The first-order valence-corrected chi connectivity index (χ1v) is 6.89. The molecule has 6 heteroatoms. The molecule has 0 aliphatic heterocycles. The van der Waals surface area contributed by atoms with Gasteiger partial charge in [-0.2, -0.15) is 0 Å². The second kappa shape index (κ2) is 8.55. The molecule has 2 N–H and O–H groups in total. The molecule has 0 spiro atoms. The van der Waals surface area contributed by atoms with E-state index in [1.807, 2.05) is 6.92 Å². The van der Waals surface area contributed by atoms with Gasteiger partial charge in [-0.3, -0.25) is 4.79 Å². The predicted molar refractivity (Wildman–Crippen MR) is 74.6 cm³/mol. The van der Waals surface area contributed by atoms with Crippen LogP contribution in [0.2, 0.25) is 0 Å². The lowest BCUT2D eigenvalue weighted by Crippen LogP contribution is -2.43. The van der Waals surface area contributed by atoms with Crippen molar-refractivity contribution in [3.05, 3.63) is 0 Å². The third-order valence-corrected chi connectivity index (χ3v) is 2.51. The van der Waals surface area contributed by atoms with E-state index in [-0.39, 0.29) is 18.6 Å². The molecule has 0 rings (SSSR count). The number of nitrogens with one attached hydrogen (secondary N) is 1. The molecular weight excluding hydrogens is 262 g/mol. The van der Waals surface area contributed by atoms with E-state index >= 15 is 0 Å². The van der Waals surface area contributed by atoms with Crippen molar-refractivity contribution in [1.29, 1.82) is 0 Å². The van der Waals surface area contributed by atoms with Crippen LogP contribution in [0, 0.1) is 0 Å². The zero-order valence-electron chi connectivity index (χ0n) is 12.7. The van der Waals surface area contributed by atoms with Gasteiger partial charge >= 0.3 is 12.1 Å². The Hall–Kier alpha value is -1.59. The molecule has 116 valence electrons. The van der Waals surface area contributed by atoms with E-state index in [9.17, 15) is 14.4 Å². The van der Waals surface area contributed by atoms with Gasteiger partial charge in [0.25, 0.3) is 0 Å². The summed E-state index contributed by atoms with van der Waals surface area (Å²) < 4.78 is 4.99. The number of unbranched alkanes of at least 4 members (excludes halogenated alkanes) is 1. The molecule has 0 aliphatic rings. The summed E-state index contributed by atoms with van der Waals surface area (Å²) >= 11 is 0. The second-order valence-corrected chi connectivity index (χ2v) is 5.72. The third kappa shape index (κ3) is 9.35. The van der Waals surface area contributed by atoms with Crippen molar-refractivity contribution in [2.45, 2.75) is 71.4 Å². The number of carboxylic acids is 1. The Labute approximate surface area is 119 Å². The summed E-state index contributed by atoms with van der Waals surface area (Å²) in [7, 11) is 0. The summed E-state index contributed by atoms with van der Waals surface area (Å²) in [5.74, 6) is -1.15. The molecular formula is C14H25NO5. The summed E-state index contributed by atoms with van der Waals surface area (Å²) in [6.45, 7) is 7.06. The molecule has 0 fully saturated rings. The SMILES string of the molecule is CCCCC(=O)CC[C@H](NC(=O)OC(C)(C)C)C(=O)O. The molecule has 6 nitrogen and oxygen atoms in total. The molecule has 0 aliphatic carbocycles. The van der Waals surface area contributed by atoms with Crippen LogP contribution >= 0.6 is 0 Å². The zero-order valence-corrected chi connectivity index (χ0v) is 12.7. The molecule has 0 radical (unpaired) electrons. The molecule has 0 aromatic rings. The van der Waals surface area contributed by atoms with E-state index in [2.05, 4.69) is 5.32 Å². The normalized spacial score (nSPS) is 12.6. The summed E-state index contributed by atoms with van der Waals surface area (Å²) in [4.78, 5) is 34.1. The summed E-state index contributed by atoms with van der Waals surface area (Å²) in [6, 6.07) is -1.10. The molecule has 0 aromatic carbocycles. The van der Waals surface area contributed by atoms with Gasteiger partial charge in [-0.25, -0.2) is 9.59 Å². The molecule has 20 heavy (non-hydrogen) atoms. The van der Waals surface area contributed by atoms with Crippen molar-refractivity contribution < 1.29 is 24.2 Å². The first-order chi connectivity index (χ1) is 9.15. The molecule has 1 amide bonds. The van der Waals surface area contributed by atoms with Crippen LogP contribution in [-0.4, -0.2) is 34.6 Å². The topological polar surface area (TPSA) is 92.7 Å². The minimum Gasteiger partial charge on any atom is -0.480 e. The van der Waals surface area contributed by atoms with Crippen LogP contribution in [0.4, 0.5) is 4.79 Å². The lowest BCUT2D eigenvalue weighted by atomic mass is 10.1. The van der Waals surface area contributed by atoms with Crippen molar-refractivity contribution in [3.8, 4) is 0 Å². The number of ketones is 1. The predicted octanol–water partition coefficient (Wildman–Crippen LogP) is 2.50. The van der Waals surface area contributed by atoms with Gasteiger partial charge in [-0.1, -0.05) is 13.3 Å². The Morgan fingerprint density at radius 1 is 1.20 bits per heavy atom. The molecule has 0 heterocycles. The van der Waals surface area contributed by atoms with E-state index in [1.165, 1.54) is 0 Å². The average Bonchev–Trinajstić information content (AvgIpc) is 2.29. The maximum Gasteiger partial charge on any atom is 0.408 e. The Balaban J connectivity index is 4.27. The fraction of sp³-hybridized carbons (Fsp3) is 0.786. The highest BCUT2D eigenvalue weighted by atomic mass is 16.6. The van der Waals surface area contributed by atoms with Gasteiger partial charge in [0.15, 0.2) is 0 Å². The first-order valence-electron chi connectivity index (χ1n) is 6.89. The van der Waals surface area contributed by atoms with Gasteiger partial charge in [0.05, 0.1) is 0 Å². The van der Waals surface area contributed by atoms with E-state index in [1.54, 1.807) is 20.8 Å². The number of carboxylic acid groups (broad SMARTS) is 1. The number of carbonyl (C=O) groups excluding carboxylic acids is 2. The minimum atomic E-state index is -1.17. The van der Waals surface area contributed by atoms with Gasteiger partial charge in [-0.05, 0) is 33.6 Å². The zero-order chi connectivity index (χ0) is 15.8. The van der Waals surface area contributed by atoms with Crippen molar-refractivity contribution in [1.82, 2.24) is 5.32 Å². The van der Waals surface area contributed by atoms with Gasteiger partial charge < -0.3 is 15.2 Å². The molecule has 0 aromatic heterocycles. The number of amides is 1. The quantitative estimate of drug-likeness (QED) is 0.715. The number of hydrogen-bond acceptors (Lipinski definition) is 4. The fourth-order valence-corrected chi connectivity index (χ4v) is 1.51. The summed E-state index contributed by atoms with van der Waals surface area (Å²) in [5, 5.41) is 11.3. The van der Waals surface area contributed by atoms with Gasteiger partial charge in [0.1, 0.15) is 17.4 Å². The Morgan fingerprint density at radius 3 is 2.25 bits per heavy atom. The number of hydrogen-bond donors (Lipinski definition) is 2. The lowest BCUT2D eigenvalue weighted by molar-refractivity contribution is -0.139. The van der Waals surface area contributed by atoms with Crippen molar-refractivity contribution in [3.63, 3.8) is 0 Å². The highest BCUT2D eigenvalue weighted by Crippen LogP contribution is 2.09. The number of carbonyl (C=O) groups is 3. The highest BCUT2D eigenvalue weighted by Gasteiger charge is 2.24. The van der Waals surface area contributed by atoms with E-state index in [0.717, 1.165) is 12.8 Å². The van der Waals surface area contributed by atoms with Gasteiger partial charge in [-0.15, -0.1) is 0 Å². The second-order valence-electron chi connectivity index (χ2n) is 5.72.